The SMILES string of the molecule is COC(=O)c1cnn2ccc(OCCCOCc3ccccc3)cc12. The molecule has 0 fully saturated rings. The minimum Gasteiger partial charge on any atom is -0.493 e. The Morgan fingerprint density at radius 2 is 2.00 bits per heavy atom. The predicted molar refractivity (Wildman–Crippen MR) is 92.7 cm³/mol. The molecule has 0 amide bonds. The van der Waals surface area contributed by atoms with Crippen LogP contribution in [0.2, 0.25) is 0 Å². The highest BCUT2D eigenvalue weighted by Crippen LogP contribution is 2.18. The molecule has 0 atom stereocenters. The Bertz CT molecular complexity index is 830. The third-order valence-electron chi connectivity index (χ3n) is 3.71. The molecule has 0 aliphatic heterocycles. The van der Waals surface area contributed by atoms with Crippen molar-refractivity contribution in [3.63, 3.8) is 0 Å². The molecule has 130 valence electrons. The fourth-order valence-corrected chi connectivity index (χ4v) is 2.43. The van der Waals surface area contributed by atoms with E-state index in [2.05, 4.69) is 5.10 Å². The van der Waals surface area contributed by atoms with Crippen LogP contribution in [0.3, 0.4) is 0 Å². The van der Waals surface area contributed by atoms with Crippen molar-refractivity contribution in [2.24, 2.45) is 0 Å². The number of aromatic nitrogens is 2. The molecule has 1 aromatic carbocycles. The highest BCUT2D eigenvalue weighted by Gasteiger charge is 2.13. The van der Waals surface area contributed by atoms with Crippen LogP contribution in [0.4, 0.5) is 0 Å². The van der Waals surface area contributed by atoms with Gasteiger partial charge in [-0.3, -0.25) is 0 Å². The summed E-state index contributed by atoms with van der Waals surface area (Å²) < 4.78 is 17.7. The van der Waals surface area contributed by atoms with Gasteiger partial charge in [-0.2, -0.15) is 5.10 Å². The first-order valence-electron chi connectivity index (χ1n) is 8.08. The van der Waals surface area contributed by atoms with Gasteiger partial charge >= 0.3 is 5.97 Å². The number of carbonyl (C=O) groups excluding carboxylic acids is 1. The van der Waals surface area contributed by atoms with Gasteiger partial charge in [0, 0.05) is 18.7 Å². The van der Waals surface area contributed by atoms with Crippen molar-refractivity contribution in [3.05, 3.63) is 66.0 Å². The summed E-state index contributed by atoms with van der Waals surface area (Å²) in [6.07, 6.45) is 4.02. The molecule has 0 aliphatic carbocycles. The zero-order chi connectivity index (χ0) is 17.5. The summed E-state index contributed by atoms with van der Waals surface area (Å²) in [4.78, 5) is 11.7. The van der Waals surface area contributed by atoms with Gasteiger partial charge in [0.2, 0.25) is 0 Å². The number of hydrogen-bond donors (Lipinski definition) is 0. The first-order chi connectivity index (χ1) is 12.3. The number of fused-ring (bicyclic) bond motifs is 1. The maximum atomic E-state index is 11.7. The zero-order valence-electron chi connectivity index (χ0n) is 14.1. The molecule has 2 heterocycles. The number of hydrogen-bond acceptors (Lipinski definition) is 5. The Labute approximate surface area is 145 Å². The Morgan fingerprint density at radius 1 is 1.16 bits per heavy atom. The summed E-state index contributed by atoms with van der Waals surface area (Å²) in [6, 6.07) is 13.6. The van der Waals surface area contributed by atoms with E-state index in [4.69, 9.17) is 14.2 Å². The van der Waals surface area contributed by atoms with Crippen LogP contribution in [-0.2, 0) is 16.1 Å². The molecule has 6 nitrogen and oxygen atoms in total. The molecule has 6 heteroatoms. The maximum Gasteiger partial charge on any atom is 0.341 e. The van der Waals surface area contributed by atoms with Gasteiger partial charge in [-0.25, -0.2) is 9.31 Å². The molecule has 0 radical (unpaired) electrons. The number of ether oxygens (including phenoxy) is 3. The second-order valence-electron chi connectivity index (χ2n) is 5.48. The smallest absolute Gasteiger partial charge is 0.341 e. The van der Waals surface area contributed by atoms with Crippen LogP contribution in [0, 0.1) is 0 Å². The van der Waals surface area contributed by atoms with Gasteiger partial charge in [-0.05, 0) is 11.6 Å². The topological polar surface area (TPSA) is 62.1 Å². The number of esters is 1. The molecule has 25 heavy (non-hydrogen) atoms. The van der Waals surface area contributed by atoms with Crippen LogP contribution in [0.25, 0.3) is 5.52 Å². The first-order valence-corrected chi connectivity index (χ1v) is 8.08. The minimum absolute atomic E-state index is 0.415. The van der Waals surface area contributed by atoms with Crippen molar-refractivity contribution in [1.29, 1.82) is 0 Å². The Kier molecular flexibility index (Phi) is 5.64. The Hall–Kier alpha value is -2.86. The molecule has 3 rings (SSSR count). The molecular weight excluding hydrogens is 320 g/mol. The van der Waals surface area contributed by atoms with Crippen molar-refractivity contribution in [1.82, 2.24) is 9.61 Å². The summed E-state index contributed by atoms with van der Waals surface area (Å²) in [5.74, 6) is 0.266. The van der Waals surface area contributed by atoms with Gasteiger partial charge in [0.15, 0.2) is 0 Å². The number of benzene rings is 1. The van der Waals surface area contributed by atoms with Gasteiger partial charge in [0.05, 0.1) is 38.6 Å². The van der Waals surface area contributed by atoms with E-state index in [1.807, 2.05) is 36.4 Å². The summed E-state index contributed by atoms with van der Waals surface area (Å²) in [5, 5.41) is 4.12. The first kappa shape index (κ1) is 17.0. The fourth-order valence-electron chi connectivity index (χ4n) is 2.43. The molecule has 0 N–H and O–H groups in total. The summed E-state index contributed by atoms with van der Waals surface area (Å²) >= 11 is 0. The van der Waals surface area contributed by atoms with Gasteiger partial charge in [-0.15, -0.1) is 0 Å². The molecule has 0 saturated carbocycles. The molecule has 0 saturated heterocycles. The fraction of sp³-hybridized carbons (Fsp3) is 0.263. The van der Waals surface area contributed by atoms with E-state index in [0.29, 0.717) is 36.7 Å². The third-order valence-corrected chi connectivity index (χ3v) is 3.71. The van der Waals surface area contributed by atoms with E-state index in [9.17, 15) is 4.79 Å². The summed E-state index contributed by atoms with van der Waals surface area (Å²) in [5.41, 5.74) is 2.23. The van der Waals surface area contributed by atoms with Crippen LogP contribution >= 0.6 is 0 Å². The average Bonchev–Trinajstić information content (AvgIpc) is 3.08. The van der Waals surface area contributed by atoms with E-state index < -0.39 is 5.97 Å². The predicted octanol–water partition coefficient (Wildman–Crippen LogP) is 3.11. The van der Waals surface area contributed by atoms with Crippen LogP contribution in [0.15, 0.2) is 54.9 Å². The van der Waals surface area contributed by atoms with Crippen LogP contribution < -0.4 is 4.74 Å². The maximum absolute atomic E-state index is 11.7. The van der Waals surface area contributed by atoms with E-state index in [1.165, 1.54) is 13.3 Å². The number of rotatable bonds is 8. The average molecular weight is 340 g/mol. The number of carbonyl (C=O) groups is 1. The normalized spacial score (nSPS) is 10.8. The summed E-state index contributed by atoms with van der Waals surface area (Å²) in [7, 11) is 1.35. The highest BCUT2D eigenvalue weighted by atomic mass is 16.5. The van der Waals surface area contributed by atoms with Crippen molar-refractivity contribution in [2.45, 2.75) is 13.0 Å². The quantitative estimate of drug-likeness (QED) is 0.466. The van der Waals surface area contributed by atoms with E-state index >= 15 is 0 Å². The monoisotopic (exact) mass is 340 g/mol. The van der Waals surface area contributed by atoms with Gasteiger partial charge in [0.1, 0.15) is 11.3 Å². The number of methoxy groups -OCH3 is 1. The van der Waals surface area contributed by atoms with Crippen molar-refractivity contribution < 1.29 is 19.0 Å². The van der Waals surface area contributed by atoms with Gasteiger partial charge in [-0.1, -0.05) is 30.3 Å². The standard InChI is InChI=1S/C19H20N2O4/c1-23-19(22)17-13-20-21-9-8-16(12-18(17)21)25-11-5-10-24-14-15-6-3-2-4-7-15/h2-4,6-9,12-13H,5,10-11,14H2,1H3. The van der Waals surface area contributed by atoms with Gasteiger partial charge in [0.25, 0.3) is 0 Å². The van der Waals surface area contributed by atoms with Crippen molar-refractivity contribution in [2.75, 3.05) is 20.3 Å². The Balaban J connectivity index is 1.47. The largest absolute Gasteiger partial charge is 0.493 e. The molecule has 2 aromatic heterocycles. The van der Waals surface area contributed by atoms with Crippen molar-refractivity contribution in [3.8, 4) is 5.75 Å². The third kappa shape index (κ3) is 4.36. The summed E-state index contributed by atoms with van der Waals surface area (Å²) in [6.45, 7) is 1.76. The second-order valence-corrected chi connectivity index (χ2v) is 5.48. The highest BCUT2D eigenvalue weighted by molar-refractivity contribution is 5.96. The Morgan fingerprint density at radius 3 is 2.80 bits per heavy atom. The van der Waals surface area contributed by atoms with E-state index in [-0.39, 0.29) is 0 Å². The van der Waals surface area contributed by atoms with Crippen LogP contribution in [0.5, 0.6) is 5.75 Å². The lowest BCUT2D eigenvalue weighted by Crippen LogP contribution is -2.04. The number of nitrogens with zero attached hydrogens (tertiary/aromatic N) is 2. The lowest BCUT2D eigenvalue weighted by atomic mass is 10.2. The minimum atomic E-state index is -0.415. The van der Waals surface area contributed by atoms with Crippen molar-refractivity contribution >= 4 is 11.5 Å². The van der Waals surface area contributed by atoms with Gasteiger partial charge < -0.3 is 14.2 Å². The molecule has 0 bridgehead atoms. The zero-order valence-corrected chi connectivity index (χ0v) is 14.1. The second kappa shape index (κ2) is 8.30. The van der Waals surface area contributed by atoms with E-state index in [0.717, 1.165) is 12.0 Å². The van der Waals surface area contributed by atoms with Crippen LogP contribution in [0.1, 0.15) is 22.3 Å². The lowest BCUT2D eigenvalue weighted by Gasteiger charge is -2.08. The molecular formula is C19H20N2O4. The van der Waals surface area contributed by atoms with E-state index in [1.54, 1.807) is 16.8 Å². The number of pyridine rings is 1. The molecule has 3 aromatic rings. The molecule has 0 unspecified atom stereocenters. The molecule has 0 aliphatic rings. The molecule has 0 spiro atoms. The van der Waals surface area contributed by atoms with Crippen LogP contribution in [-0.4, -0.2) is 35.9 Å². The lowest BCUT2D eigenvalue weighted by molar-refractivity contribution is 0.0603.